The Morgan fingerprint density at radius 3 is 2.54 bits per heavy atom. The molecule has 0 bridgehead atoms. The minimum atomic E-state index is -0.792. The van der Waals surface area contributed by atoms with E-state index in [9.17, 15) is 14.4 Å². The van der Waals surface area contributed by atoms with Crippen LogP contribution < -0.4 is 17.0 Å². The molecular formula is C16H20N4O4. The first kappa shape index (κ1) is 17.6. The normalized spacial score (nSPS) is 12.0. The van der Waals surface area contributed by atoms with Crippen LogP contribution in [0.4, 0.5) is 0 Å². The quantitative estimate of drug-likeness (QED) is 0.762. The number of nitrogens with two attached hydrogens (primary N) is 1. The second-order valence-corrected chi connectivity index (χ2v) is 5.55. The highest BCUT2D eigenvalue weighted by Crippen LogP contribution is 2.06. The third-order valence-corrected chi connectivity index (χ3v) is 4.05. The van der Waals surface area contributed by atoms with Crippen LogP contribution in [0.5, 0.6) is 0 Å². The average Bonchev–Trinajstić information content (AvgIpc) is 2.59. The minimum absolute atomic E-state index is 0.221. The van der Waals surface area contributed by atoms with Gasteiger partial charge in [0, 0.05) is 24.5 Å². The van der Waals surface area contributed by atoms with Gasteiger partial charge < -0.3 is 15.0 Å². The molecule has 0 aliphatic rings. The Morgan fingerprint density at radius 2 is 2.00 bits per heavy atom. The molecule has 128 valence electrons. The third-order valence-electron chi connectivity index (χ3n) is 4.05. The van der Waals surface area contributed by atoms with Crippen molar-refractivity contribution in [1.82, 2.24) is 14.1 Å². The van der Waals surface area contributed by atoms with Crippen molar-refractivity contribution >= 4 is 5.97 Å². The standard InChI is InChI=1S/C16H20N4O4/c1-9-10(2)19(3)16(23)20(14(9)21)13-6-5-11(8-18-13)7-12(17)15(22)24-4/h5-6,8,12H,7,17H2,1-4H3. The van der Waals surface area contributed by atoms with Crippen LogP contribution in [0.25, 0.3) is 5.82 Å². The molecule has 0 aromatic carbocycles. The first-order valence-corrected chi connectivity index (χ1v) is 7.35. The van der Waals surface area contributed by atoms with Gasteiger partial charge in [0.15, 0.2) is 0 Å². The van der Waals surface area contributed by atoms with E-state index in [4.69, 9.17) is 5.73 Å². The molecule has 8 heteroatoms. The van der Waals surface area contributed by atoms with Gasteiger partial charge in [0.1, 0.15) is 11.9 Å². The van der Waals surface area contributed by atoms with Crippen LogP contribution in [-0.2, 0) is 23.0 Å². The van der Waals surface area contributed by atoms with Crippen molar-refractivity contribution < 1.29 is 9.53 Å². The zero-order chi connectivity index (χ0) is 18.0. The van der Waals surface area contributed by atoms with E-state index < -0.39 is 23.3 Å². The van der Waals surface area contributed by atoms with Gasteiger partial charge in [-0.3, -0.25) is 9.59 Å². The van der Waals surface area contributed by atoms with Gasteiger partial charge in [-0.2, -0.15) is 0 Å². The lowest BCUT2D eigenvalue weighted by Gasteiger charge is -2.12. The fraction of sp³-hybridized carbons (Fsp3) is 0.375. The van der Waals surface area contributed by atoms with E-state index in [0.29, 0.717) is 16.8 Å². The molecule has 1 atom stereocenters. The first-order valence-electron chi connectivity index (χ1n) is 7.35. The lowest BCUT2D eigenvalue weighted by Crippen LogP contribution is -2.40. The van der Waals surface area contributed by atoms with Crippen LogP contribution in [0.3, 0.4) is 0 Å². The predicted molar refractivity (Wildman–Crippen MR) is 88.2 cm³/mol. The number of hydrogen-bond acceptors (Lipinski definition) is 6. The van der Waals surface area contributed by atoms with Crippen molar-refractivity contribution in [2.45, 2.75) is 26.3 Å². The molecule has 0 aliphatic carbocycles. The second-order valence-electron chi connectivity index (χ2n) is 5.55. The fourth-order valence-electron chi connectivity index (χ4n) is 2.31. The molecular weight excluding hydrogens is 312 g/mol. The van der Waals surface area contributed by atoms with E-state index in [-0.39, 0.29) is 12.2 Å². The van der Waals surface area contributed by atoms with E-state index in [1.807, 2.05) is 0 Å². The van der Waals surface area contributed by atoms with Crippen molar-refractivity contribution in [3.8, 4) is 5.82 Å². The number of hydrogen-bond donors (Lipinski definition) is 1. The highest BCUT2D eigenvalue weighted by molar-refractivity contribution is 5.75. The maximum Gasteiger partial charge on any atom is 0.336 e. The molecule has 24 heavy (non-hydrogen) atoms. The van der Waals surface area contributed by atoms with E-state index in [1.165, 1.54) is 17.9 Å². The number of carbonyl (C=O) groups is 1. The summed E-state index contributed by atoms with van der Waals surface area (Å²) in [5.74, 6) is -0.294. The number of carbonyl (C=O) groups excluding carboxylic acids is 1. The maximum absolute atomic E-state index is 12.4. The molecule has 1 unspecified atom stereocenters. The summed E-state index contributed by atoms with van der Waals surface area (Å²) in [5.41, 5.74) is 6.63. The number of aromatic nitrogens is 3. The highest BCUT2D eigenvalue weighted by Gasteiger charge is 2.16. The van der Waals surface area contributed by atoms with E-state index in [2.05, 4.69) is 9.72 Å². The minimum Gasteiger partial charge on any atom is -0.468 e. The SMILES string of the molecule is COC(=O)C(N)Cc1ccc(-n2c(=O)c(C)c(C)n(C)c2=O)nc1. The summed E-state index contributed by atoms with van der Waals surface area (Å²) in [5, 5.41) is 0. The molecule has 0 saturated carbocycles. The summed E-state index contributed by atoms with van der Waals surface area (Å²) in [6, 6.07) is 2.43. The van der Waals surface area contributed by atoms with Crippen molar-refractivity contribution in [2.24, 2.45) is 12.8 Å². The molecule has 0 fully saturated rings. The van der Waals surface area contributed by atoms with Gasteiger partial charge in [-0.1, -0.05) is 6.07 Å². The predicted octanol–water partition coefficient (Wildman–Crippen LogP) is -0.409. The number of ether oxygens (including phenoxy) is 1. The number of methoxy groups -OCH3 is 1. The first-order chi connectivity index (χ1) is 11.3. The molecule has 0 saturated heterocycles. The van der Waals surface area contributed by atoms with E-state index >= 15 is 0 Å². The molecule has 0 amide bonds. The molecule has 0 aliphatic heterocycles. The van der Waals surface area contributed by atoms with E-state index in [1.54, 1.807) is 33.0 Å². The molecule has 2 heterocycles. The van der Waals surface area contributed by atoms with E-state index in [0.717, 1.165) is 4.57 Å². The highest BCUT2D eigenvalue weighted by atomic mass is 16.5. The summed E-state index contributed by atoms with van der Waals surface area (Å²) < 4.78 is 6.99. The van der Waals surface area contributed by atoms with Gasteiger partial charge in [0.05, 0.1) is 7.11 Å². The summed E-state index contributed by atoms with van der Waals surface area (Å²) in [4.78, 5) is 40.2. The van der Waals surface area contributed by atoms with Crippen molar-refractivity contribution in [2.75, 3.05) is 7.11 Å². The van der Waals surface area contributed by atoms with Crippen LogP contribution in [0.2, 0.25) is 0 Å². The third kappa shape index (κ3) is 3.13. The van der Waals surface area contributed by atoms with Crippen LogP contribution in [0, 0.1) is 13.8 Å². The number of esters is 1. The Balaban J connectivity index is 2.41. The smallest absolute Gasteiger partial charge is 0.336 e. The molecule has 0 radical (unpaired) electrons. The largest absolute Gasteiger partial charge is 0.468 e. The van der Waals surface area contributed by atoms with Crippen molar-refractivity contribution in [3.63, 3.8) is 0 Å². The van der Waals surface area contributed by atoms with Gasteiger partial charge in [-0.25, -0.2) is 14.3 Å². The van der Waals surface area contributed by atoms with Crippen LogP contribution >= 0.6 is 0 Å². The molecule has 2 aromatic heterocycles. The Morgan fingerprint density at radius 1 is 1.33 bits per heavy atom. The molecule has 0 spiro atoms. The van der Waals surface area contributed by atoms with Crippen molar-refractivity contribution in [1.29, 1.82) is 0 Å². The summed E-state index contributed by atoms with van der Waals surface area (Å²) in [7, 11) is 2.87. The van der Waals surface area contributed by atoms with Crippen LogP contribution in [0.15, 0.2) is 27.9 Å². The molecule has 8 nitrogen and oxygen atoms in total. The number of pyridine rings is 1. The lowest BCUT2D eigenvalue weighted by atomic mass is 10.1. The van der Waals surface area contributed by atoms with Gasteiger partial charge in [-0.05, 0) is 31.9 Å². The fourth-order valence-corrected chi connectivity index (χ4v) is 2.31. The zero-order valence-electron chi connectivity index (χ0n) is 14.1. The molecule has 2 aromatic rings. The van der Waals surface area contributed by atoms with Crippen LogP contribution in [0.1, 0.15) is 16.8 Å². The van der Waals surface area contributed by atoms with Gasteiger partial charge >= 0.3 is 11.7 Å². The van der Waals surface area contributed by atoms with Crippen LogP contribution in [-0.4, -0.2) is 33.2 Å². The second kappa shape index (κ2) is 6.79. The Kier molecular flexibility index (Phi) is 4.99. The lowest BCUT2D eigenvalue weighted by molar-refractivity contribution is -0.142. The Bertz CT molecular complexity index is 843. The number of nitrogens with zero attached hydrogens (tertiary/aromatic N) is 3. The maximum atomic E-state index is 12.4. The van der Waals surface area contributed by atoms with Gasteiger partial charge in [0.25, 0.3) is 5.56 Å². The summed E-state index contributed by atoms with van der Waals surface area (Å²) >= 11 is 0. The topological polar surface area (TPSA) is 109 Å². The molecule has 2 rings (SSSR count). The van der Waals surface area contributed by atoms with Crippen molar-refractivity contribution in [3.05, 3.63) is 56.0 Å². The monoisotopic (exact) mass is 332 g/mol. The number of rotatable bonds is 4. The Hall–Kier alpha value is -2.74. The Labute approximate surface area is 138 Å². The summed E-state index contributed by atoms with van der Waals surface area (Å²) in [6.45, 7) is 3.38. The summed E-state index contributed by atoms with van der Waals surface area (Å²) in [6.07, 6.45) is 1.74. The zero-order valence-corrected chi connectivity index (χ0v) is 14.1. The average molecular weight is 332 g/mol. The molecule has 2 N–H and O–H groups in total. The van der Waals surface area contributed by atoms with Gasteiger partial charge in [-0.15, -0.1) is 0 Å². The van der Waals surface area contributed by atoms with Gasteiger partial charge in [0.2, 0.25) is 0 Å².